The van der Waals surface area contributed by atoms with E-state index in [1.165, 1.54) is 0 Å². The molecule has 1 aliphatic rings. The Morgan fingerprint density at radius 2 is 2.12 bits per heavy atom. The molecule has 1 N–H and O–H groups in total. The third kappa shape index (κ3) is 5.36. The van der Waals surface area contributed by atoms with Crippen molar-refractivity contribution in [3.8, 4) is 0 Å². The highest BCUT2D eigenvalue weighted by molar-refractivity contribution is 6.17. The van der Waals surface area contributed by atoms with Gasteiger partial charge in [-0.05, 0) is 40.5 Å². The lowest BCUT2D eigenvalue weighted by molar-refractivity contribution is -0.116. The van der Waals surface area contributed by atoms with Crippen molar-refractivity contribution in [2.24, 2.45) is 0 Å². The quantitative estimate of drug-likeness (QED) is 0.630. The van der Waals surface area contributed by atoms with Crippen LogP contribution in [0.4, 0.5) is 10.7 Å². The summed E-state index contributed by atoms with van der Waals surface area (Å²) in [6, 6.07) is -0.0558. The zero-order chi connectivity index (χ0) is 18.6. The van der Waals surface area contributed by atoms with Gasteiger partial charge in [-0.15, -0.1) is 11.6 Å². The number of amides is 2. The minimum Gasteiger partial charge on any atom is -0.444 e. The summed E-state index contributed by atoms with van der Waals surface area (Å²) in [5.41, 5.74) is 0.934. The third-order valence-corrected chi connectivity index (χ3v) is 4.15. The number of carbonyl (C=O) groups is 2. The smallest absolute Gasteiger partial charge is 0.410 e. The number of aromatic nitrogens is 1. The Balaban J connectivity index is 2.06. The van der Waals surface area contributed by atoms with E-state index in [9.17, 15) is 9.59 Å². The Bertz CT molecular complexity index is 624. The Morgan fingerprint density at radius 1 is 1.40 bits per heavy atom. The van der Waals surface area contributed by atoms with Crippen LogP contribution in [0.15, 0.2) is 4.52 Å². The standard InChI is InChI=1S/C17H26ClN3O4/c1-11-9-13-12(10-21(11)16(23)24-17(2,3)4)15(25-20-13)19-14(22)7-5-6-8-18/h11H,5-10H2,1-4H3,(H,19,22)/t11-/m0/s1. The Hall–Kier alpha value is -1.76. The molecule has 1 aliphatic heterocycles. The van der Waals surface area contributed by atoms with Gasteiger partial charge in [-0.3, -0.25) is 10.1 Å². The van der Waals surface area contributed by atoms with Crippen LogP contribution in [0.2, 0.25) is 0 Å². The van der Waals surface area contributed by atoms with Crippen molar-refractivity contribution in [2.75, 3.05) is 11.2 Å². The van der Waals surface area contributed by atoms with Gasteiger partial charge in [-0.2, -0.15) is 0 Å². The van der Waals surface area contributed by atoms with Gasteiger partial charge in [0.25, 0.3) is 0 Å². The minimum atomic E-state index is -0.564. The third-order valence-electron chi connectivity index (χ3n) is 3.89. The molecular weight excluding hydrogens is 346 g/mol. The lowest BCUT2D eigenvalue weighted by atomic mass is 10.0. The number of anilines is 1. The van der Waals surface area contributed by atoms with E-state index in [4.69, 9.17) is 20.9 Å². The number of rotatable bonds is 5. The molecule has 1 aromatic heterocycles. The number of halogens is 1. The maximum atomic E-state index is 12.4. The summed E-state index contributed by atoms with van der Waals surface area (Å²) < 4.78 is 10.7. The highest BCUT2D eigenvalue weighted by Crippen LogP contribution is 2.30. The van der Waals surface area contributed by atoms with E-state index in [1.54, 1.807) is 4.90 Å². The van der Waals surface area contributed by atoms with E-state index < -0.39 is 5.60 Å². The van der Waals surface area contributed by atoms with Crippen LogP contribution in [-0.2, 0) is 22.5 Å². The summed E-state index contributed by atoms with van der Waals surface area (Å²) in [6.45, 7) is 7.72. The van der Waals surface area contributed by atoms with Crippen LogP contribution >= 0.6 is 11.6 Å². The number of hydrogen-bond donors (Lipinski definition) is 1. The number of unbranched alkanes of at least 4 members (excludes halogenated alkanes) is 1. The van der Waals surface area contributed by atoms with Crippen molar-refractivity contribution >= 4 is 29.5 Å². The molecule has 140 valence electrons. The number of nitrogens with zero attached hydrogens (tertiary/aromatic N) is 2. The monoisotopic (exact) mass is 371 g/mol. The first-order valence-corrected chi connectivity index (χ1v) is 9.07. The van der Waals surface area contributed by atoms with E-state index in [0.717, 1.165) is 17.7 Å². The van der Waals surface area contributed by atoms with Gasteiger partial charge < -0.3 is 14.2 Å². The zero-order valence-corrected chi connectivity index (χ0v) is 16.0. The summed E-state index contributed by atoms with van der Waals surface area (Å²) in [6.07, 6.45) is 2.04. The largest absolute Gasteiger partial charge is 0.444 e. The van der Waals surface area contributed by atoms with Crippen LogP contribution in [0.1, 0.15) is 58.2 Å². The van der Waals surface area contributed by atoms with E-state index >= 15 is 0 Å². The molecule has 8 heteroatoms. The van der Waals surface area contributed by atoms with Crippen molar-refractivity contribution in [2.45, 2.75) is 71.6 Å². The molecule has 25 heavy (non-hydrogen) atoms. The predicted molar refractivity (Wildman–Crippen MR) is 94.6 cm³/mol. The Morgan fingerprint density at radius 3 is 2.76 bits per heavy atom. The fraction of sp³-hybridized carbons (Fsp3) is 0.706. The number of hydrogen-bond acceptors (Lipinski definition) is 5. The Labute approximate surface area is 153 Å². The van der Waals surface area contributed by atoms with Gasteiger partial charge in [0.15, 0.2) is 0 Å². The van der Waals surface area contributed by atoms with Gasteiger partial charge in [0.05, 0.1) is 17.8 Å². The number of alkyl halides is 1. The highest BCUT2D eigenvalue weighted by atomic mass is 35.5. The molecule has 0 fully saturated rings. The first-order chi connectivity index (χ1) is 11.7. The topological polar surface area (TPSA) is 84.7 Å². The number of fused-ring (bicyclic) bond motifs is 1. The van der Waals surface area contributed by atoms with Crippen LogP contribution in [0.25, 0.3) is 0 Å². The second kappa shape index (κ2) is 8.08. The van der Waals surface area contributed by atoms with E-state index in [1.807, 2.05) is 27.7 Å². The fourth-order valence-electron chi connectivity index (χ4n) is 2.61. The van der Waals surface area contributed by atoms with E-state index in [-0.39, 0.29) is 18.0 Å². The van der Waals surface area contributed by atoms with Gasteiger partial charge in [-0.1, -0.05) is 5.16 Å². The average molecular weight is 372 g/mol. The molecule has 1 aromatic rings. The summed E-state index contributed by atoms with van der Waals surface area (Å²) in [4.78, 5) is 26.0. The molecular formula is C17H26ClN3O4. The molecule has 2 rings (SSSR count). The normalized spacial score (nSPS) is 17.2. The van der Waals surface area contributed by atoms with Gasteiger partial charge >= 0.3 is 6.09 Å². The highest BCUT2D eigenvalue weighted by Gasteiger charge is 2.34. The number of ether oxygens (including phenoxy) is 1. The van der Waals surface area contributed by atoms with Crippen molar-refractivity contribution in [3.05, 3.63) is 11.3 Å². The van der Waals surface area contributed by atoms with E-state index in [2.05, 4.69) is 10.5 Å². The summed E-state index contributed by atoms with van der Waals surface area (Å²) in [7, 11) is 0. The second-order valence-electron chi connectivity index (χ2n) is 7.29. The number of carbonyl (C=O) groups excluding carboxylic acids is 2. The molecule has 0 bridgehead atoms. The SMILES string of the molecule is C[C@H]1Cc2noc(NC(=O)CCCCCl)c2CN1C(=O)OC(C)(C)C. The van der Waals surface area contributed by atoms with Gasteiger partial charge in [0.2, 0.25) is 11.8 Å². The van der Waals surface area contributed by atoms with Gasteiger partial charge in [0, 0.05) is 24.8 Å². The predicted octanol–water partition coefficient (Wildman–Crippen LogP) is 3.70. The maximum absolute atomic E-state index is 12.4. The van der Waals surface area contributed by atoms with Crippen LogP contribution in [-0.4, -0.2) is 39.6 Å². The molecule has 0 saturated carbocycles. The van der Waals surface area contributed by atoms with Crippen molar-refractivity contribution in [1.82, 2.24) is 10.1 Å². The van der Waals surface area contributed by atoms with Crippen molar-refractivity contribution in [1.29, 1.82) is 0 Å². The lowest BCUT2D eigenvalue weighted by Crippen LogP contribution is -2.45. The maximum Gasteiger partial charge on any atom is 0.410 e. The van der Waals surface area contributed by atoms with Crippen molar-refractivity contribution in [3.63, 3.8) is 0 Å². The molecule has 0 radical (unpaired) electrons. The van der Waals surface area contributed by atoms with Gasteiger partial charge in [-0.25, -0.2) is 4.79 Å². The zero-order valence-electron chi connectivity index (χ0n) is 15.2. The molecule has 0 aliphatic carbocycles. The molecule has 1 atom stereocenters. The lowest BCUT2D eigenvalue weighted by Gasteiger charge is -2.34. The van der Waals surface area contributed by atoms with E-state index in [0.29, 0.717) is 37.6 Å². The summed E-state index contributed by atoms with van der Waals surface area (Å²) in [5, 5.41) is 6.78. The second-order valence-corrected chi connectivity index (χ2v) is 7.67. The molecule has 0 saturated heterocycles. The molecule has 7 nitrogen and oxygen atoms in total. The molecule has 0 unspecified atom stereocenters. The Kier molecular flexibility index (Phi) is 6.32. The summed E-state index contributed by atoms with van der Waals surface area (Å²) >= 11 is 5.62. The first-order valence-electron chi connectivity index (χ1n) is 8.54. The van der Waals surface area contributed by atoms with Crippen LogP contribution in [0, 0.1) is 0 Å². The van der Waals surface area contributed by atoms with Gasteiger partial charge in [0.1, 0.15) is 5.60 Å². The summed E-state index contributed by atoms with van der Waals surface area (Å²) in [5.74, 6) is 0.700. The fourth-order valence-corrected chi connectivity index (χ4v) is 2.80. The molecule has 2 amide bonds. The molecule has 0 aromatic carbocycles. The number of nitrogens with one attached hydrogen (secondary N) is 1. The minimum absolute atomic E-state index is 0.0558. The van der Waals surface area contributed by atoms with Crippen LogP contribution < -0.4 is 5.32 Å². The average Bonchev–Trinajstić information content (AvgIpc) is 2.86. The molecule has 2 heterocycles. The molecule has 0 spiro atoms. The van der Waals surface area contributed by atoms with Crippen molar-refractivity contribution < 1.29 is 18.8 Å². The first kappa shape index (κ1) is 19.6. The van der Waals surface area contributed by atoms with Crippen LogP contribution in [0.3, 0.4) is 0 Å². The van der Waals surface area contributed by atoms with Crippen LogP contribution in [0.5, 0.6) is 0 Å².